The summed E-state index contributed by atoms with van der Waals surface area (Å²) in [6.07, 6.45) is 0. The summed E-state index contributed by atoms with van der Waals surface area (Å²) in [6.45, 7) is 6.54. The number of benzene rings is 2. The van der Waals surface area contributed by atoms with Gasteiger partial charge >= 0.3 is 0 Å². The first-order valence-electron chi connectivity index (χ1n) is 10.6. The topological polar surface area (TPSA) is 66.8 Å². The first kappa shape index (κ1) is 23.1. The number of amides is 1. The van der Waals surface area contributed by atoms with Gasteiger partial charge in [0.2, 0.25) is 0 Å². The number of rotatable bonds is 6. The minimum absolute atomic E-state index is 0.0626. The molecule has 1 unspecified atom stereocenters. The number of carbonyl (C=O) groups excluding carboxylic acids is 2. The minimum atomic E-state index is -0.734. The van der Waals surface area contributed by atoms with Crippen LogP contribution in [0.5, 0.6) is 5.75 Å². The molecule has 1 fully saturated rings. The molecule has 170 valence electrons. The molecule has 33 heavy (non-hydrogen) atoms. The number of nitrogens with zero attached hydrogens (tertiary/aromatic N) is 1. The van der Waals surface area contributed by atoms with Gasteiger partial charge < -0.3 is 9.84 Å². The smallest absolute Gasteiger partial charge is 0.300 e. The van der Waals surface area contributed by atoms with Crippen LogP contribution in [0.3, 0.4) is 0 Å². The van der Waals surface area contributed by atoms with Crippen LogP contribution in [-0.4, -0.2) is 23.4 Å². The number of anilines is 1. The van der Waals surface area contributed by atoms with Crippen molar-refractivity contribution in [1.82, 2.24) is 0 Å². The first-order chi connectivity index (χ1) is 15.8. The van der Waals surface area contributed by atoms with E-state index >= 15 is 0 Å². The van der Waals surface area contributed by atoms with E-state index in [1.807, 2.05) is 24.4 Å². The maximum Gasteiger partial charge on any atom is 0.300 e. The summed E-state index contributed by atoms with van der Waals surface area (Å²) >= 11 is 7.53. The van der Waals surface area contributed by atoms with E-state index in [4.69, 9.17) is 16.3 Å². The van der Waals surface area contributed by atoms with E-state index in [-0.39, 0.29) is 11.3 Å². The SMILES string of the molecule is Cc1cc(Cl)ccc1N1C(=O)C(=O)/C(=C(\O)c2ccc(OCC(C)C)cc2)C1c1cccs1. The van der Waals surface area contributed by atoms with E-state index in [9.17, 15) is 14.7 Å². The molecule has 1 N–H and O–H groups in total. The van der Waals surface area contributed by atoms with Crippen molar-refractivity contribution < 1.29 is 19.4 Å². The first-order valence-corrected chi connectivity index (χ1v) is 11.9. The Balaban J connectivity index is 1.80. The molecule has 0 saturated carbocycles. The highest BCUT2D eigenvalue weighted by atomic mass is 35.5. The Labute approximate surface area is 201 Å². The second-order valence-electron chi connectivity index (χ2n) is 8.34. The van der Waals surface area contributed by atoms with Crippen molar-refractivity contribution in [2.45, 2.75) is 26.8 Å². The number of halogens is 1. The number of aliphatic hydroxyl groups is 1. The molecule has 3 aromatic rings. The highest BCUT2D eigenvalue weighted by Gasteiger charge is 2.47. The molecule has 0 aliphatic carbocycles. The van der Waals surface area contributed by atoms with Crippen LogP contribution in [0.2, 0.25) is 5.02 Å². The van der Waals surface area contributed by atoms with Crippen molar-refractivity contribution in [2.75, 3.05) is 11.5 Å². The van der Waals surface area contributed by atoms with Gasteiger partial charge in [0.1, 0.15) is 17.6 Å². The Morgan fingerprint density at radius 2 is 1.88 bits per heavy atom. The maximum absolute atomic E-state index is 13.2. The van der Waals surface area contributed by atoms with Crippen molar-refractivity contribution >= 4 is 46.1 Å². The molecule has 1 saturated heterocycles. The lowest BCUT2D eigenvalue weighted by atomic mass is 9.99. The summed E-state index contributed by atoms with van der Waals surface area (Å²) in [6, 6.07) is 15.0. The van der Waals surface area contributed by atoms with E-state index in [0.717, 1.165) is 10.4 Å². The zero-order valence-electron chi connectivity index (χ0n) is 18.5. The summed E-state index contributed by atoms with van der Waals surface area (Å²) in [4.78, 5) is 28.6. The van der Waals surface area contributed by atoms with Gasteiger partial charge in [-0.25, -0.2) is 0 Å². The molecule has 2 heterocycles. The lowest BCUT2D eigenvalue weighted by molar-refractivity contribution is -0.132. The van der Waals surface area contributed by atoms with Crippen molar-refractivity contribution in [1.29, 1.82) is 0 Å². The van der Waals surface area contributed by atoms with Gasteiger partial charge in [-0.15, -0.1) is 11.3 Å². The largest absolute Gasteiger partial charge is 0.507 e. The number of ketones is 1. The molecule has 1 amide bonds. The minimum Gasteiger partial charge on any atom is -0.507 e. The molecule has 1 aliphatic rings. The van der Waals surface area contributed by atoms with E-state index in [0.29, 0.717) is 34.5 Å². The summed E-state index contributed by atoms with van der Waals surface area (Å²) in [5.74, 6) is -0.558. The molecule has 1 aliphatic heterocycles. The van der Waals surface area contributed by atoms with E-state index < -0.39 is 17.7 Å². The molecule has 5 nitrogen and oxygen atoms in total. The average molecular weight is 482 g/mol. The van der Waals surface area contributed by atoms with Crippen molar-refractivity contribution in [2.24, 2.45) is 5.92 Å². The van der Waals surface area contributed by atoms with Gasteiger partial charge in [-0.1, -0.05) is 31.5 Å². The van der Waals surface area contributed by atoms with Crippen LogP contribution >= 0.6 is 22.9 Å². The van der Waals surface area contributed by atoms with Crippen molar-refractivity contribution in [3.05, 3.63) is 86.6 Å². The summed E-state index contributed by atoms with van der Waals surface area (Å²) < 4.78 is 5.71. The highest BCUT2D eigenvalue weighted by molar-refractivity contribution is 7.10. The van der Waals surface area contributed by atoms with Gasteiger partial charge in [0.25, 0.3) is 11.7 Å². The van der Waals surface area contributed by atoms with E-state index in [1.165, 1.54) is 16.2 Å². The normalized spacial score (nSPS) is 17.7. The zero-order chi connectivity index (χ0) is 23.7. The van der Waals surface area contributed by atoms with E-state index in [2.05, 4.69) is 13.8 Å². The number of hydrogen-bond acceptors (Lipinski definition) is 5. The lowest BCUT2D eigenvalue weighted by Gasteiger charge is -2.25. The Kier molecular flexibility index (Phi) is 6.58. The Morgan fingerprint density at radius 3 is 2.48 bits per heavy atom. The third kappa shape index (κ3) is 4.54. The van der Waals surface area contributed by atoms with Gasteiger partial charge in [0, 0.05) is 21.2 Å². The van der Waals surface area contributed by atoms with Crippen LogP contribution in [-0.2, 0) is 9.59 Å². The number of thiophene rings is 1. The molecular formula is C26H24ClNO4S. The number of ether oxygens (including phenoxy) is 1. The fraction of sp³-hybridized carbons (Fsp3) is 0.231. The van der Waals surface area contributed by atoms with Crippen LogP contribution in [0.25, 0.3) is 5.76 Å². The number of hydrogen-bond donors (Lipinski definition) is 1. The van der Waals surface area contributed by atoms with Gasteiger partial charge in [0.15, 0.2) is 0 Å². The van der Waals surface area contributed by atoms with Crippen LogP contribution < -0.4 is 9.64 Å². The quantitative estimate of drug-likeness (QED) is 0.252. The monoisotopic (exact) mass is 481 g/mol. The molecule has 4 rings (SSSR count). The predicted molar refractivity (Wildman–Crippen MR) is 132 cm³/mol. The molecule has 2 aromatic carbocycles. The standard InChI is InChI=1S/C26H24ClNO4S/c1-15(2)14-32-19-9-6-17(7-10-19)24(29)22-23(21-5-4-12-33-21)28(26(31)25(22)30)20-11-8-18(27)13-16(20)3/h4-13,15,23,29H,14H2,1-3H3/b24-22-. The maximum atomic E-state index is 13.2. The summed E-state index contributed by atoms with van der Waals surface area (Å²) in [7, 11) is 0. The number of aliphatic hydroxyl groups excluding tert-OH is 1. The van der Waals surface area contributed by atoms with Crippen molar-refractivity contribution in [3.63, 3.8) is 0 Å². The third-order valence-corrected chi connectivity index (χ3v) is 6.55. The average Bonchev–Trinajstić information content (AvgIpc) is 3.40. The summed E-state index contributed by atoms with van der Waals surface area (Å²) in [5.41, 5.74) is 1.85. The Morgan fingerprint density at radius 1 is 1.15 bits per heavy atom. The van der Waals surface area contributed by atoms with Crippen LogP contribution in [0.15, 0.2) is 65.6 Å². The number of carbonyl (C=O) groups is 2. The lowest BCUT2D eigenvalue weighted by Crippen LogP contribution is -2.29. The van der Waals surface area contributed by atoms with Crippen LogP contribution in [0.1, 0.15) is 35.9 Å². The van der Waals surface area contributed by atoms with Gasteiger partial charge in [-0.2, -0.15) is 0 Å². The highest BCUT2D eigenvalue weighted by Crippen LogP contribution is 2.44. The van der Waals surface area contributed by atoms with Gasteiger partial charge in [-0.05, 0) is 72.3 Å². The number of aryl methyl sites for hydroxylation is 1. The molecule has 1 aromatic heterocycles. The van der Waals surface area contributed by atoms with Crippen LogP contribution in [0, 0.1) is 12.8 Å². The molecule has 0 radical (unpaired) electrons. The van der Waals surface area contributed by atoms with Crippen molar-refractivity contribution in [3.8, 4) is 5.75 Å². The zero-order valence-corrected chi connectivity index (χ0v) is 20.1. The molecule has 0 spiro atoms. The fourth-order valence-corrected chi connectivity index (χ4v) is 4.86. The van der Waals surface area contributed by atoms with Crippen LogP contribution in [0.4, 0.5) is 5.69 Å². The third-order valence-electron chi connectivity index (χ3n) is 5.39. The van der Waals surface area contributed by atoms with E-state index in [1.54, 1.807) is 42.5 Å². The predicted octanol–water partition coefficient (Wildman–Crippen LogP) is 6.37. The second-order valence-corrected chi connectivity index (χ2v) is 9.76. The molecular weight excluding hydrogens is 458 g/mol. The Bertz CT molecular complexity index is 1220. The molecule has 7 heteroatoms. The fourth-order valence-electron chi connectivity index (χ4n) is 3.81. The van der Waals surface area contributed by atoms with Gasteiger partial charge in [0.05, 0.1) is 12.2 Å². The molecule has 0 bridgehead atoms. The Hall–Kier alpha value is -3.09. The van der Waals surface area contributed by atoms with Gasteiger partial charge in [-0.3, -0.25) is 14.5 Å². The molecule has 1 atom stereocenters. The second kappa shape index (κ2) is 9.41. The summed E-state index contributed by atoms with van der Waals surface area (Å²) in [5, 5.41) is 13.6. The number of Topliss-reactive ketones (excluding diaryl/α,β-unsaturated/α-hetero) is 1.